The van der Waals surface area contributed by atoms with Crippen LogP contribution in [0, 0.1) is 0 Å². The second-order valence-corrected chi connectivity index (χ2v) is 16.0. The molecule has 58 heavy (non-hydrogen) atoms. The van der Waals surface area contributed by atoms with Crippen molar-refractivity contribution >= 4 is 92.3 Å². The summed E-state index contributed by atoms with van der Waals surface area (Å²) in [7, 11) is 0. The first-order valence-corrected chi connectivity index (χ1v) is 20.5. The van der Waals surface area contributed by atoms with Crippen LogP contribution < -0.4 is 4.90 Å². The number of aromatic nitrogens is 1. The zero-order valence-corrected chi connectivity index (χ0v) is 32.2. The molecule has 0 saturated carbocycles. The average molecular weight is 759 g/mol. The summed E-state index contributed by atoms with van der Waals surface area (Å²) < 4.78 is 11.6. The normalized spacial score (nSPS) is 11.8. The van der Waals surface area contributed by atoms with E-state index < -0.39 is 0 Å². The lowest BCUT2D eigenvalue weighted by atomic mass is 10.00. The molecule has 0 saturated heterocycles. The highest BCUT2D eigenvalue weighted by Crippen LogP contribution is 2.48. The maximum atomic E-state index is 6.73. The minimum atomic E-state index is 0.851. The highest BCUT2D eigenvalue weighted by atomic mass is 32.1. The molecule has 0 aliphatic heterocycles. The molecule has 0 radical (unpaired) electrons. The lowest BCUT2D eigenvalue weighted by molar-refractivity contribution is 0.669. The van der Waals surface area contributed by atoms with Gasteiger partial charge >= 0.3 is 0 Å². The van der Waals surface area contributed by atoms with Gasteiger partial charge in [0, 0.05) is 60.1 Å². The number of anilines is 3. The predicted molar refractivity (Wildman–Crippen MR) is 247 cm³/mol. The molecule has 4 heteroatoms. The van der Waals surface area contributed by atoms with Gasteiger partial charge in [-0.05, 0) is 95.1 Å². The summed E-state index contributed by atoms with van der Waals surface area (Å²) in [5.74, 6) is 0. The number of nitrogens with zero attached hydrogens (tertiary/aromatic N) is 2. The van der Waals surface area contributed by atoms with E-state index in [0.717, 1.165) is 44.7 Å². The Balaban J connectivity index is 1.07. The third kappa shape index (κ3) is 5.19. The number of hydrogen-bond donors (Lipinski definition) is 0. The van der Waals surface area contributed by atoms with Gasteiger partial charge in [0.15, 0.2) is 0 Å². The smallest absolute Gasteiger partial charge is 0.137 e. The molecule has 0 aliphatic rings. The molecule has 0 fully saturated rings. The lowest BCUT2D eigenvalue weighted by Gasteiger charge is -2.27. The molecule has 272 valence electrons. The van der Waals surface area contributed by atoms with Gasteiger partial charge in [0.1, 0.15) is 11.2 Å². The lowest BCUT2D eigenvalue weighted by Crippen LogP contribution is -2.10. The predicted octanol–water partition coefficient (Wildman–Crippen LogP) is 15.9. The van der Waals surface area contributed by atoms with Gasteiger partial charge in [-0.15, -0.1) is 11.3 Å². The van der Waals surface area contributed by atoms with Crippen molar-refractivity contribution in [2.24, 2.45) is 0 Å². The van der Waals surface area contributed by atoms with E-state index >= 15 is 0 Å². The quantitative estimate of drug-likeness (QED) is 0.168. The highest BCUT2D eigenvalue weighted by molar-refractivity contribution is 7.26. The Hall–Kier alpha value is -7.40. The van der Waals surface area contributed by atoms with E-state index in [9.17, 15) is 0 Å². The first-order chi connectivity index (χ1) is 28.7. The number of rotatable bonds is 6. The molecule has 0 unspecified atom stereocenters. The highest BCUT2D eigenvalue weighted by Gasteiger charge is 2.22. The van der Waals surface area contributed by atoms with E-state index in [0.29, 0.717) is 0 Å². The van der Waals surface area contributed by atoms with Crippen LogP contribution in [-0.4, -0.2) is 4.57 Å². The first-order valence-electron chi connectivity index (χ1n) is 19.7. The summed E-state index contributed by atoms with van der Waals surface area (Å²) >= 11 is 1.85. The number of fused-ring (bicyclic) bond motifs is 9. The summed E-state index contributed by atoms with van der Waals surface area (Å²) in [5.41, 5.74) is 13.2. The summed E-state index contributed by atoms with van der Waals surface area (Å²) in [4.78, 5) is 2.41. The van der Waals surface area contributed by atoms with Crippen LogP contribution in [0.3, 0.4) is 0 Å². The minimum absolute atomic E-state index is 0.851. The van der Waals surface area contributed by atoms with Crippen LogP contribution in [-0.2, 0) is 0 Å². The Morgan fingerprint density at radius 3 is 1.71 bits per heavy atom. The second-order valence-electron chi connectivity index (χ2n) is 14.9. The molecule has 12 rings (SSSR count). The molecular weight excluding hydrogens is 725 g/mol. The molecule has 3 heterocycles. The Kier molecular flexibility index (Phi) is 7.40. The molecule has 0 amide bonds. The van der Waals surface area contributed by atoms with E-state index in [-0.39, 0.29) is 0 Å². The molecule has 0 spiro atoms. The Morgan fingerprint density at radius 2 is 0.983 bits per heavy atom. The number of para-hydroxylation sites is 2. The second kappa shape index (κ2) is 13.1. The van der Waals surface area contributed by atoms with E-state index in [1.807, 2.05) is 11.3 Å². The third-order valence-corrected chi connectivity index (χ3v) is 12.8. The fourth-order valence-corrected chi connectivity index (χ4v) is 10.1. The van der Waals surface area contributed by atoms with Gasteiger partial charge in [-0.2, -0.15) is 0 Å². The van der Waals surface area contributed by atoms with Crippen LogP contribution in [0.4, 0.5) is 17.1 Å². The van der Waals surface area contributed by atoms with Crippen molar-refractivity contribution in [1.82, 2.24) is 4.57 Å². The van der Waals surface area contributed by atoms with E-state index in [4.69, 9.17) is 4.42 Å². The Morgan fingerprint density at radius 1 is 0.379 bits per heavy atom. The van der Waals surface area contributed by atoms with Crippen molar-refractivity contribution in [3.8, 4) is 27.9 Å². The van der Waals surface area contributed by atoms with Crippen molar-refractivity contribution in [1.29, 1.82) is 0 Å². The van der Waals surface area contributed by atoms with Crippen molar-refractivity contribution < 1.29 is 4.42 Å². The molecular formula is C54H34N2OS. The SMILES string of the molecule is c1ccc(-c2ccc(N(c3ccc4c(c3)oc3ccc(-n5c6ccccc6c6ccccc65)cc34)c3cc(-c4ccccc4)cc4c3sc3ccccc34)cc2)cc1. The van der Waals surface area contributed by atoms with Crippen LogP contribution >= 0.6 is 11.3 Å². The van der Waals surface area contributed by atoms with Crippen LogP contribution in [0.5, 0.6) is 0 Å². The molecule has 0 atom stereocenters. The molecule has 3 nitrogen and oxygen atoms in total. The van der Waals surface area contributed by atoms with Crippen molar-refractivity contribution in [3.63, 3.8) is 0 Å². The third-order valence-electron chi connectivity index (χ3n) is 11.6. The number of hydrogen-bond acceptors (Lipinski definition) is 3. The summed E-state index contributed by atoms with van der Waals surface area (Å²) in [5, 5.41) is 7.21. The van der Waals surface area contributed by atoms with Gasteiger partial charge in [-0.1, -0.05) is 127 Å². The topological polar surface area (TPSA) is 21.3 Å². The van der Waals surface area contributed by atoms with Gasteiger partial charge < -0.3 is 13.9 Å². The minimum Gasteiger partial charge on any atom is -0.456 e. The van der Waals surface area contributed by atoms with Crippen LogP contribution in [0.2, 0.25) is 0 Å². The van der Waals surface area contributed by atoms with Crippen LogP contribution in [0.15, 0.2) is 211 Å². The maximum absolute atomic E-state index is 6.73. The molecule has 0 N–H and O–H groups in total. The van der Waals surface area contributed by atoms with E-state index in [1.165, 1.54) is 64.2 Å². The number of benzene rings is 9. The zero-order chi connectivity index (χ0) is 38.2. The first kappa shape index (κ1) is 32.8. The number of thiophene rings is 1. The fraction of sp³-hybridized carbons (Fsp3) is 0. The summed E-state index contributed by atoms with van der Waals surface area (Å²) in [6, 6.07) is 74.4. The van der Waals surface area contributed by atoms with Gasteiger partial charge in [-0.25, -0.2) is 0 Å². The van der Waals surface area contributed by atoms with Crippen molar-refractivity contribution in [2.45, 2.75) is 0 Å². The largest absolute Gasteiger partial charge is 0.456 e. The maximum Gasteiger partial charge on any atom is 0.137 e. The molecule has 0 bridgehead atoms. The number of furan rings is 1. The monoisotopic (exact) mass is 758 g/mol. The van der Waals surface area contributed by atoms with Crippen LogP contribution in [0.1, 0.15) is 0 Å². The summed E-state index contributed by atoms with van der Waals surface area (Å²) in [6.45, 7) is 0. The van der Waals surface area contributed by atoms with Gasteiger partial charge in [0.25, 0.3) is 0 Å². The van der Waals surface area contributed by atoms with E-state index in [1.54, 1.807) is 0 Å². The van der Waals surface area contributed by atoms with Crippen LogP contribution in [0.25, 0.3) is 91.9 Å². The van der Waals surface area contributed by atoms with Crippen molar-refractivity contribution in [3.05, 3.63) is 206 Å². The van der Waals surface area contributed by atoms with Gasteiger partial charge in [0.2, 0.25) is 0 Å². The van der Waals surface area contributed by atoms with E-state index in [2.05, 4.69) is 216 Å². The molecule has 0 aliphatic carbocycles. The molecule has 12 aromatic rings. The summed E-state index contributed by atoms with van der Waals surface area (Å²) in [6.07, 6.45) is 0. The van der Waals surface area contributed by atoms with Gasteiger partial charge in [-0.3, -0.25) is 0 Å². The Labute approximate surface area is 338 Å². The van der Waals surface area contributed by atoms with Crippen molar-refractivity contribution in [2.75, 3.05) is 4.90 Å². The standard InChI is InChI=1S/C54H34N2OS/c1-3-13-35(14-4-1)37-23-25-39(26-24-37)55(50-32-38(36-15-5-2-6-16-36)31-47-45-19-9-12-22-53(45)58-54(47)50)41-27-29-44-46-33-40(28-30-51(46)57-52(44)34-41)56-48-20-10-7-17-42(48)43-18-8-11-21-49(43)56/h1-34H. The fourth-order valence-electron chi connectivity index (χ4n) is 8.87. The van der Waals surface area contributed by atoms with Gasteiger partial charge in [0.05, 0.1) is 21.4 Å². The average Bonchev–Trinajstić information content (AvgIpc) is 3.96. The molecule has 3 aromatic heterocycles. The molecule has 9 aromatic carbocycles. The Bertz CT molecular complexity index is 3450. The zero-order valence-electron chi connectivity index (χ0n) is 31.3.